The van der Waals surface area contributed by atoms with Gasteiger partial charge in [0, 0.05) is 25.4 Å². The predicted octanol–water partition coefficient (Wildman–Crippen LogP) is 3.25. The molecule has 1 aliphatic heterocycles. The third kappa shape index (κ3) is 5.76. The molecule has 2 amide bonds. The second-order valence-electron chi connectivity index (χ2n) is 8.52. The van der Waals surface area contributed by atoms with Crippen LogP contribution in [0, 0.1) is 0 Å². The minimum Gasteiger partial charge on any atom is -0.481 e. The summed E-state index contributed by atoms with van der Waals surface area (Å²) < 4.78 is 37.1. The van der Waals surface area contributed by atoms with E-state index in [1.807, 2.05) is 48.5 Å². The van der Waals surface area contributed by atoms with Crippen molar-refractivity contribution in [2.75, 3.05) is 26.3 Å². The third-order valence-corrected chi connectivity index (χ3v) is 6.20. The van der Waals surface area contributed by atoms with E-state index in [-0.39, 0.29) is 38.6 Å². The van der Waals surface area contributed by atoms with Crippen molar-refractivity contribution in [1.29, 1.82) is 0 Å². The molecule has 2 aromatic rings. The first kappa shape index (κ1) is 24.6. The molecule has 35 heavy (non-hydrogen) atoms. The summed E-state index contributed by atoms with van der Waals surface area (Å²) in [6, 6.07) is 14.0. The van der Waals surface area contributed by atoms with Crippen LogP contribution in [0.15, 0.2) is 48.5 Å². The molecule has 0 radical (unpaired) electrons. The summed E-state index contributed by atoms with van der Waals surface area (Å²) in [6.07, 6.45) is -5.76. The van der Waals surface area contributed by atoms with Gasteiger partial charge in [-0.15, -0.1) is 0 Å². The number of nitrogens with zero attached hydrogens (tertiary/aromatic N) is 1. The molecule has 2 aromatic carbocycles. The molecule has 1 fully saturated rings. The highest BCUT2D eigenvalue weighted by molar-refractivity contribution is 5.86. The van der Waals surface area contributed by atoms with E-state index in [0.717, 1.165) is 22.3 Å². The second-order valence-corrected chi connectivity index (χ2v) is 8.52. The summed E-state index contributed by atoms with van der Waals surface area (Å²) in [4.78, 5) is 37.7. The van der Waals surface area contributed by atoms with Crippen molar-refractivity contribution in [3.05, 3.63) is 59.7 Å². The van der Waals surface area contributed by atoms with Crippen LogP contribution < -0.4 is 5.32 Å². The molecular formula is C25H26F2N2O6. The Balaban J connectivity index is 1.40. The fraction of sp³-hybridized carbons (Fsp3) is 0.400. The van der Waals surface area contributed by atoms with Crippen LogP contribution in [0.2, 0.25) is 0 Å². The molecule has 2 N–H and O–H groups in total. The summed E-state index contributed by atoms with van der Waals surface area (Å²) in [5, 5.41) is 11.2. The van der Waals surface area contributed by atoms with Gasteiger partial charge in [0.1, 0.15) is 12.6 Å². The Labute approximate surface area is 200 Å². The van der Waals surface area contributed by atoms with E-state index < -0.39 is 43.0 Å². The van der Waals surface area contributed by atoms with E-state index in [1.54, 1.807) is 0 Å². The predicted molar refractivity (Wildman–Crippen MR) is 121 cm³/mol. The number of carboxylic acid groups (broad SMARTS) is 1. The van der Waals surface area contributed by atoms with Crippen molar-refractivity contribution in [1.82, 2.24) is 10.2 Å². The Morgan fingerprint density at radius 3 is 2.31 bits per heavy atom. The van der Waals surface area contributed by atoms with Crippen molar-refractivity contribution in [3.63, 3.8) is 0 Å². The summed E-state index contributed by atoms with van der Waals surface area (Å²) in [6.45, 7) is 0.113. The summed E-state index contributed by atoms with van der Waals surface area (Å²) in [5.41, 5.74) is 4.09. The lowest BCUT2D eigenvalue weighted by molar-refractivity contribution is -0.149. The Morgan fingerprint density at radius 2 is 1.71 bits per heavy atom. The number of amides is 2. The summed E-state index contributed by atoms with van der Waals surface area (Å²) in [5.74, 6) is -2.03. The average molecular weight is 488 g/mol. The number of rotatable bonds is 8. The maximum absolute atomic E-state index is 13.2. The number of carboxylic acids is 1. The van der Waals surface area contributed by atoms with E-state index in [0.29, 0.717) is 0 Å². The monoisotopic (exact) mass is 488 g/mol. The lowest BCUT2D eigenvalue weighted by atomic mass is 9.98. The fourth-order valence-electron chi connectivity index (χ4n) is 4.64. The molecular weight excluding hydrogens is 462 g/mol. The van der Waals surface area contributed by atoms with Gasteiger partial charge in [0.25, 0.3) is 0 Å². The molecule has 0 saturated carbocycles. The number of fused-ring (bicyclic) bond motifs is 3. The highest BCUT2D eigenvalue weighted by atomic mass is 19.3. The van der Waals surface area contributed by atoms with Gasteiger partial charge in [-0.25, -0.2) is 13.6 Å². The molecule has 8 nitrogen and oxygen atoms in total. The Kier molecular flexibility index (Phi) is 7.60. The van der Waals surface area contributed by atoms with Crippen LogP contribution >= 0.6 is 0 Å². The second kappa shape index (κ2) is 10.8. The van der Waals surface area contributed by atoms with E-state index in [2.05, 4.69) is 5.32 Å². The van der Waals surface area contributed by atoms with Gasteiger partial charge in [-0.3, -0.25) is 9.59 Å². The van der Waals surface area contributed by atoms with E-state index in [1.165, 1.54) is 4.90 Å². The van der Waals surface area contributed by atoms with Gasteiger partial charge < -0.3 is 24.8 Å². The topological polar surface area (TPSA) is 105 Å². The normalized spacial score (nSPS) is 18.0. The first-order chi connectivity index (χ1) is 16.8. The first-order valence-electron chi connectivity index (χ1n) is 11.3. The van der Waals surface area contributed by atoms with Gasteiger partial charge in [-0.05, 0) is 22.3 Å². The minimum atomic E-state index is -2.84. The highest BCUT2D eigenvalue weighted by Gasteiger charge is 2.34. The third-order valence-electron chi connectivity index (χ3n) is 6.20. The van der Waals surface area contributed by atoms with Crippen molar-refractivity contribution in [2.24, 2.45) is 0 Å². The van der Waals surface area contributed by atoms with Gasteiger partial charge >= 0.3 is 12.1 Å². The van der Waals surface area contributed by atoms with Crippen molar-refractivity contribution in [3.8, 4) is 11.1 Å². The van der Waals surface area contributed by atoms with Gasteiger partial charge in [0.2, 0.25) is 12.3 Å². The number of halogens is 2. The molecule has 186 valence electrons. The van der Waals surface area contributed by atoms with Crippen LogP contribution in [0.4, 0.5) is 13.6 Å². The largest absolute Gasteiger partial charge is 0.481 e. The van der Waals surface area contributed by atoms with E-state index in [9.17, 15) is 23.2 Å². The van der Waals surface area contributed by atoms with Crippen molar-refractivity contribution in [2.45, 2.75) is 37.3 Å². The number of morpholine rings is 1. The number of hydrogen-bond acceptors (Lipinski definition) is 5. The molecule has 2 aliphatic rings. The maximum Gasteiger partial charge on any atom is 0.407 e. The zero-order valence-corrected chi connectivity index (χ0v) is 18.9. The molecule has 0 spiro atoms. The molecule has 0 aromatic heterocycles. The molecule has 0 bridgehead atoms. The Hall–Kier alpha value is -3.53. The number of hydrogen-bond donors (Lipinski definition) is 2. The standard InChI is InChI=1S/C25H26F2N2O6/c26-22(27)12-21(24(32)29-9-10-34-15(13-29)11-23(30)31)28-25(33)35-14-20-18-7-3-1-5-16(18)17-6-2-4-8-19(17)20/h1-8,15,20-22H,9-14H2,(H,28,33)(H,30,31). The lowest BCUT2D eigenvalue weighted by Crippen LogP contribution is -2.54. The van der Waals surface area contributed by atoms with Gasteiger partial charge in [-0.1, -0.05) is 48.5 Å². The van der Waals surface area contributed by atoms with Crippen molar-refractivity contribution >= 4 is 18.0 Å². The van der Waals surface area contributed by atoms with Gasteiger partial charge in [-0.2, -0.15) is 0 Å². The summed E-state index contributed by atoms with van der Waals surface area (Å²) >= 11 is 0. The quantitative estimate of drug-likeness (QED) is 0.591. The smallest absolute Gasteiger partial charge is 0.407 e. The van der Waals surface area contributed by atoms with Crippen LogP contribution in [0.25, 0.3) is 11.1 Å². The maximum atomic E-state index is 13.2. The minimum absolute atomic E-state index is 0.0201. The van der Waals surface area contributed by atoms with Crippen LogP contribution in [0.5, 0.6) is 0 Å². The zero-order valence-electron chi connectivity index (χ0n) is 18.9. The van der Waals surface area contributed by atoms with Crippen LogP contribution in [0.1, 0.15) is 29.9 Å². The average Bonchev–Trinajstić information content (AvgIpc) is 3.15. The Morgan fingerprint density at radius 1 is 1.09 bits per heavy atom. The molecule has 2 atom stereocenters. The fourth-order valence-corrected chi connectivity index (χ4v) is 4.64. The zero-order chi connectivity index (χ0) is 24.9. The van der Waals surface area contributed by atoms with Crippen LogP contribution in [-0.2, 0) is 19.1 Å². The van der Waals surface area contributed by atoms with Gasteiger partial charge in [0.15, 0.2) is 0 Å². The number of nitrogens with one attached hydrogen (secondary N) is 1. The van der Waals surface area contributed by atoms with Crippen LogP contribution in [0.3, 0.4) is 0 Å². The molecule has 10 heteroatoms. The number of alkyl halides is 2. The van der Waals surface area contributed by atoms with Gasteiger partial charge in [0.05, 0.1) is 19.1 Å². The SMILES string of the molecule is O=C(O)CC1CN(C(=O)C(CC(F)F)NC(=O)OCC2c3ccccc3-c3ccccc32)CCO1. The number of ether oxygens (including phenoxy) is 2. The highest BCUT2D eigenvalue weighted by Crippen LogP contribution is 2.44. The first-order valence-corrected chi connectivity index (χ1v) is 11.3. The summed E-state index contributed by atoms with van der Waals surface area (Å²) in [7, 11) is 0. The number of alkyl carbamates (subject to hydrolysis) is 1. The molecule has 1 saturated heterocycles. The van der Waals surface area contributed by atoms with E-state index in [4.69, 9.17) is 14.6 Å². The van der Waals surface area contributed by atoms with Crippen LogP contribution in [-0.4, -0.2) is 72.9 Å². The number of aliphatic carboxylic acids is 1. The molecule has 1 aliphatic carbocycles. The number of carbonyl (C=O) groups excluding carboxylic acids is 2. The lowest BCUT2D eigenvalue weighted by Gasteiger charge is -2.34. The molecule has 4 rings (SSSR count). The Bertz CT molecular complexity index is 1050. The number of carbonyl (C=O) groups is 3. The molecule has 1 heterocycles. The molecule has 2 unspecified atom stereocenters. The van der Waals surface area contributed by atoms with Crippen molar-refractivity contribution < 1.29 is 37.7 Å². The van der Waals surface area contributed by atoms with E-state index >= 15 is 0 Å². The number of benzene rings is 2.